The first-order chi connectivity index (χ1) is 10.3. The van der Waals surface area contributed by atoms with Gasteiger partial charge in [-0.15, -0.1) is 0 Å². The molecule has 1 N–H and O–H groups in total. The van der Waals surface area contributed by atoms with Crippen LogP contribution in [0.25, 0.3) is 0 Å². The number of hydrogen-bond donors (Lipinski definition) is 1. The van der Waals surface area contributed by atoms with Crippen LogP contribution in [0.3, 0.4) is 0 Å². The number of aromatic nitrogens is 2. The molecule has 0 bridgehead atoms. The van der Waals surface area contributed by atoms with Crippen molar-refractivity contribution in [3.05, 3.63) is 18.0 Å². The summed E-state index contributed by atoms with van der Waals surface area (Å²) in [5, 5.41) is 6.98. The van der Waals surface area contributed by atoms with E-state index in [1.54, 1.807) is 28.9 Å². The largest absolute Gasteiger partial charge is 0.444 e. The SMILES string of the molecule is Cn1nccc1C(=O)NC1CCN(C(=O)OC(C)(C)C)CC1. The van der Waals surface area contributed by atoms with Gasteiger partial charge in [-0.1, -0.05) is 0 Å². The fraction of sp³-hybridized carbons (Fsp3) is 0.667. The molecule has 2 rings (SSSR count). The van der Waals surface area contributed by atoms with Crippen LogP contribution in [0.2, 0.25) is 0 Å². The third-order valence-corrected chi connectivity index (χ3v) is 3.54. The van der Waals surface area contributed by atoms with Crippen molar-refractivity contribution < 1.29 is 14.3 Å². The third kappa shape index (κ3) is 4.22. The van der Waals surface area contributed by atoms with Crippen LogP contribution in [0.4, 0.5) is 4.79 Å². The molecule has 7 heteroatoms. The zero-order valence-corrected chi connectivity index (χ0v) is 13.6. The first kappa shape index (κ1) is 16.3. The van der Waals surface area contributed by atoms with E-state index in [1.165, 1.54) is 0 Å². The molecule has 2 heterocycles. The predicted octanol–water partition coefficient (Wildman–Crippen LogP) is 1.55. The number of rotatable bonds is 2. The molecule has 0 saturated carbocycles. The fourth-order valence-electron chi connectivity index (χ4n) is 2.39. The number of nitrogens with zero attached hydrogens (tertiary/aromatic N) is 3. The van der Waals surface area contributed by atoms with Gasteiger partial charge in [-0.25, -0.2) is 4.79 Å². The number of amides is 2. The first-order valence-electron chi connectivity index (χ1n) is 7.53. The zero-order chi connectivity index (χ0) is 16.3. The van der Waals surface area contributed by atoms with Gasteiger partial charge in [0.05, 0.1) is 0 Å². The summed E-state index contributed by atoms with van der Waals surface area (Å²) in [6.07, 6.45) is 2.76. The van der Waals surface area contributed by atoms with Crippen molar-refractivity contribution in [2.45, 2.75) is 45.3 Å². The summed E-state index contributed by atoms with van der Waals surface area (Å²) in [6.45, 7) is 6.74. The first-order valence-corrected chi connectivity index (χ1v) is 7.53. The van der Waals surface area contributed by atoms with Gasteiger partial charge < -0.3 is 15.0 Å². The van der Waals surface area contributed by atoms with Crippen LogP contribution < -0.4 is 5.32 Å². The second kappa shape index (κ2) is 6.37. The lowest BCUT2D eigenvalue weighted by Crippen LogP contribution is -2.48. The number of ether oxygens (including phenoxy) is 1. The van der Waals surface area contributed by atoms with Crippen LogP contribution in [0.15, 0.2) is 12.3 Å². The van der Waals surface area contributed by atoms with Crippen molar-refractivity contribution in [3.8, 4) is 0 Å². The van der Waals surface area contributed by atoms with Crippen molar-refractivity contribution >= 4 is 12.0 Å². The smallest absolute Gasteiger partial charge is 0.410 e. The van der Waals surface area contributed by atoms with Gasteiger partial charge in [-0.3, -0.25) is 9.48 Å². The van der Waals surface area contributed by atoms with Crippen LogP contribution in [-0.2, 0) is 11.8 Å². The summed E-state index contributed by atoms with van der Waals surface area (Å²) in [7, 11) is 1.74. The number of hydrogen-bond acceptors (Lipinski definition) is 4. The minimum atomic E-state index is -0.484. The van der Waals surface area contributed by atoms with Crippen LogP contribution in [-0.4, -0.2) is 51.4 Å². The number of nitrogens with one attached hydrogen (secondary N) is 1. The predicted molar refractivity (Wildman–Crippen MR) is 81.5 cm³/mol. The lowest BCUT2D eigenvalue weighted by molar-refractivity contribution is 0.0199. The summed E-state index contributed by atoms with van der Waals surface area (Å²) >= 11 is 0. The molecule has 122 valence electrons. The van der Waals surface area contributed by atoms with Crippen molar-refractivity contribution in [1.29, 1.82) is 0 Å². The summed E-state index contributed by atoms with van der Waals surface area (Å²) in [5.74, 6) is -0.129. The maximum atomic E-state index is 12.1. The van der Waals surface area contributed by atoms with E-state index in [0.29, 0.717) is 18.8 Å². The van der Waals surface area contributed by atoms with E-state index in [-0.39, 0.29) is 18.0 Å². The van der Waals surface area contributed by atoms with Crippen molar-refractivity contribution in [3.63, 3.8) is 0 Å². The Kier molecular flexibility index (Phi) is 4.73. The van der Waals surface area contributed by atoms with Gasteiger partial charge in [0.25, 0.3) is 5.91 Å². The maximum absolute atomic E-state index is 12.1. The molecular formula is C15H24N4O3. The van der Waals surface area contributed by atoms with Gasteiger partial charge in [0.2, 0.25) is 0 Å². The second-order valence-electron chi connectivity index (χ2n) is 6.56. The highest BCUT2D eigenvalue weighted by Crippen LogP contribution is 2.15. The number of aryl methyl sites for hydroxylation is 1. The summed E-state index contributed by atoms with van der Waals surface area (Å²) in [6, 6.07) is 1.76. The number of piperidine rings is 1. The van der Waals surface area contributed by atoms with Gasteiger partial charge in [0.15, 0.2) is 0 Å². The Balaban J connectivity index is 1.81. The van der Waals surface area contributed by atoms with Crippen LogP contribution in [0, 0.1) is 0 Å². The molecular weight excluding hydrogens is 284 g/mol. The molecule has 0 atom stereocenters. The molecule has 0 aliphatic carbocycles. The number of likely N-dealkylation sites (tertiary alicyclic amines) is 1. The van der Waals surface area contributed by atoms with E-state index < -0.39 is 5.60 Å². The molecule has 1 aromatic rings. The second-order valence-corrected chi connectivity index (χ2v) is 6.56. The Morgan fingerprint density at radius 1 is 1.32 bits per heavy atom. The molecule has 7 nitrogen and oxygen atoms in total. The van der Waals surface area contributed by atoms with E-state index in [2.05, 4.69) is 10.4 Å². The minimum absolute atomic E-state index is 0.0705. The van der Waals surface area contributed by atoms with E-state index in [4.69, 9.17) is 4.74 Å². The average Bonchev–Trinajstić information content (AvgIpc) is 2.84. The highest BCUT2D eigenvalue weighted by molar-refractivity contribution is 5.92. The molecule has 1 saturated heterocycles. The molecule has 1 fully saturated rings. The van der Waals surface area contributed by atoms with Crippen molar-refractivity contribution in [2.24, 2.45) is 7.05 Å². The Hall–Kier alpha value is -2.05. The molecule has 1 aliphatic heterocycles. The Morgan fingerprint density at radius 3 is 2.45 bits per heavy atom. The van der Waals surface area contributed by atoms with E-state index in [0.717, 1.165) is 12.8 Å². The van der Waals surface area contributed by atoms with Crippen LogP contribution >= 0.6 is 0 Å². The number of carbonyl (C=O) groups excluding carboxylic acids is 2. The van der Waals surface area contributed by atoms with E-state index in [9.17, 15) is 9.59 Å². The monoisotopic (exact) mass is 308 g/mol. The highest BCUT2D eigenvalue weighted by Gasteiger charge is 2.27. The average molecular weight is 308 g/mol. The molecule has 1 aliphatic rings. The van der Waals surface area contributed by atoms with Gasteiger partial charge >= 0.3 is 6.09 Å². The normalized spacial score (nSPS) is 16.5. The highest BCUT2D eigenvalue weighted by atomic mass is 16.6. The quantitative estimate of drug-likeness (QED) is 0.899. The summed E-state index contributed by atoms with van der Waals surface area (Å²) in [5.41, 5.74) is 0.0522. The van der Waals surface area contributed by atoms with Gasteiger partial charge in [0, 0.05) is 32.4 Å². The standard InChI is InChI=1S/C15H24N4O3/c1-15(2,3)22-14(21)19-9-6-11(7-10-19)17-13(20)12-5-8-16-18(12)4/h5,8,11H,6-7,9-10H2,1-4H3,(H,17,20). The molecule has 0 unspecified atom stereocenters. The number of carbonyl (C=O) groups is 2. The van der Waals surface area contributed by atoms with Crippen molar-refractivity contribution in [1.82, 2.24) is 20.0 Å². The molecule has 2 amide bonds. The minimum Gasteiger partial charge on any atom is -0.444 e. The lowest BCUT2D eigenvalue weighted by atomic mass is 10.1. The summed E-state index contributed by atoms with van der Waals surface area (Å²) < 4.78 is 6.90. The van der Waals surface area contributed by atoms with E-state index in [1.807, 2.05) is 20.8 Å². The van der Waals surface area contributed by atoms with Gasteiger partial charge in [0.1, 0.15) is 11.3 Å². The summed E-state index contributed by atoms with van der Waals surface area (Å²) in [4.78, 5) is 25.8. The van der Waals surface area contributed by atoms with Crippen molar-refractivity contribution in [2.75, 3.05) is 13.1 Å². The topological polar surface area (TPSA) is 76.5 Å². The van der Waals surface area contributed by atoms with Gasteiger partial charge in [-0.05, 0) is 39.7 Å². The lowest BCUT2D eigenvalue weighted by Gasteiger charge is -2.33. The molecule has 22 heavy (non-hydrogen) atoms. The van der Waals surface area contributed by atoms with Crippen LogP contribution in [0.1, 0.15) is 44.1 Å². The Labute approximate surface area is 130 Å². The zero-order valence-electron chi connectivity index (χ0n) is 13.6. The van der Waals surface area contributed by atoms with E-state index >= 15 is 0 Å². The third-order valence-electron chi connectivity index (χ3n) is 3.54. The Morgan fingerprint density at radius 2 is 1.95 bits per heavy atom. The molecule has 0 spiro atoms. The van der Waals surface area contributed by atoms with Gasteiger partial charge in [-0.2, -0.15) is 5.10 Å². The molecule has 0 aromatic carbocycles. The van der Waals surface area contributed by atoms with Crippen LogP contribution in [0.5, 0.6) is 0 Å². The fourth-order valence-corrected chi connectivity index (χ4v) is 2.39. The molecule has 0 radical (unpaired) electrons. The maximum Gasteiger partial charge on any atom is 0.410 e. The Bertz CT molecular complexity index is 539. The molecule has 1 aromatic heterocycles.